The Labute approximate surface area is 135 Å². The first kappa shape index (κ1) is 14.1. The van der Waals surface area contributed by atoms with Gasteiger partial charge in [0.1, 0.15) is 10.8 Å². The minimum Gasteiger partial charge on any atom is -0.363 e. The van der Waals surface area contributed by atoms with Gasteiger partial charge in [0.05, 0.1) is 6.20 Å². The molecule has 4 aliphatic carbocycles. The number of hydrogen-bond acceptors (Lipinski definition) is 3. The molecular weight excluding hydrogens is 305 g/mol. The van der Waals surface area contributed by atoms with Crippen molar-refractivity contribution in [2.75, 3.05) is 5.32 Å². The highest BCUT2D eigenvalue weighted by molar-refractivity contribution is 6.33. The molecule has 0 spiro atoms. The van der Waals surface area contributed by atoms with Crippen LogP contribution in [0, 0.1) is 16.7 Å². The van der Waals surface area contributed by atoms with Gasteiger partial charge in [-0.3, -0.25) is 0 Å². The van der Waals surface area contributed by atoms with Gasteiger partial charge in [0, 0.05) is 5.54 Å². The minimum atomic E-state index is 0.129. The van der Waals surface area contributed by atoms with E-state index >= 15 is 0 Å². The van der Waals surface area contributed by atoms with Crippen molar-refractivity contribution in [2.24, 2.45) is 16.7 Å². The lowest BCUT2D eigenvalue weighted by Crippen LogP contribution is -2.61. The zero-order chi connectivity index (χ0) is 14.9. The van der Waals surface area contributed by atoms with E-state index in [0.29, 0.717) is 21.7 Å². The first-order chi connectivity index (χ1) is 9.79. The van der Waals surface area contributed by atoms with Crippen molar-refractivity contribution in [1.82, 2.24) is 9.97 Å². The number of nitrogens with zero attached hydrogens (tertiary/aromatic N) is 2. The number of halogens is 2. The number of nitrogens with one attached hydrogen (secondary N) is 1. The number of anilines is 1. The van der Waals surface area contributed by atoms with Crippen molar-refractivity contribution in [1.29, 1.82) is 0 Å². The van der Waals surface area contributed by atoms with Crippen LogP contribution in [0.1, 0.15) is 52.4 Å². The lowest BCUT2D eigenvalue weighted by Gasteiger charge is -2.65. The largest absolute Gasteiger partial charge is 0.363 e. The van der Waals surface area contributed by atoms with Gasteiger partial charge in [-0.05, 0) is 66.9 Å². The highest BCUT2D eigenvalue weighted by Gasteiger charge is 2.60. The van der Waals surface area contributed by atoms with Crippen molar-refractivity contribution in [2.45, 2.75) is 57.9 Å². The van der Waals surface area contributed by atoms with E-state index in [-0.39, 0.29) is 10.8 Å². The molecule has 1 heterocycles. The van der Waals surface area contributed by atoms with Crippen LogP contribution in [0.2, 0.25) is 10.3 Å². The third-order valence-electron chi connectivity index (χ3n) is 5.72. The maximum absolute atomic E-state index is 6.26. The second-order valence-electron chi connectivity index (χ2n) is 8.37. The molecule has 1 aromatic rings. The highest BCUT2D eigenvalue weighted by atomic mass is 35.5. The first-order valence-corrected chi connectivity index (χ1v) is 8.51. The smallest absolute Gasteiger partial charge is 0.224 e. The maximum atomic E-state index is 6.26. The van der Waals surface area contributed by atoms with Gasteiger partial charge in [-0.2, -0.15) is 4.98 Å². The molecule has 4 bridgehead atoms. The SMILES string of the molecule is CC12CC3CC(C)(C1)CC(Nc1nc(Cl)ncc1Cl)(C3)C2. The lowest BCUT2D eigenvalue weighted by molar-refractivity contribution is -0.0973. The molecule has 21 heavy (non-hydrogen) atoms. The van der Waals surface area contributed by atoms with E-state index in [2.05, 4.69) is 29.1 Å². The second kappa shape index (κ2) is 4.26. The molecule has 0 saturated heterocycles. The molecule has 2 atom stereocenters. The Morgan fingerprint density at radius 2 is 1.76 bits per heavy atom. The fourth-order valence-corrected chi connectivity index (χ4v) is 6.54. The summed E-state index contributed by atoms with van der Waals surface area (Å²) in [7, 11) is 0. The number of rotatable bonds is 2. The Bertz CT molecular complexity index is 585. The van der Waals surface area contributed by atoms with Crippen molar-refractivity contribution in [3.63, 3.8) is 0 Å². The van der Waals surface area contributed by atoms with E-state index in [0.717, 1.165) is 5.92 Å². The van der Waals surface area contributed by atoms with Gasteiger partial charge in [0.2, 0.25) is 5.28 Å². The topological polar surface area (TPSA) is 37.8 Å². The van der Waals surface area contributed by atoms with Crippen LogP contribution in [0.5, 0.6) is 0 Å². The summed E-state index contributed by atoms with van der Waals surface area (Å²) in [5.41, 5.74) is 1.05. The zero-order valence-corrected chi connectivity index (χ0v) is 14.1. The molecule has 0 amide bonds. The molecule has 0 radical (unpaired) electrons. The van der Waals surface area contributed by atoms with Gasteiger partial charge in [-0.1, -0.05) is 25.4 Å². The normalized spacial score (nSPS) is 44.1. The van der Waals surface area contributed by atoms with Crippen LogP contribution < -0.4 is 5.32 Å². The Morgan fingerprint density at radius 3 is 2.38 bits per heavy atom. The Morgan fingerprint density at radius 1 is 1.10 bits per heavy atom. The zero-order valence-electron chi connectivity index (χ0n) is 12.5. The fraction of sp³-hybridized carbons (Fsp3) is 0.750. The summed E-state index contributed by atoms with van der Waals surface area (Å²) in [6.45, 7) is 4.92. The Balaban J connectivity index is 1.70. The minimum absolute atomic E-state index is 0.129. The molecule has 4 aliphatic rings. The standard InChI is InChI=1S/C16H21Cl2N3/c1-14-3-10-4-15(2,7-14)9-16(5-10,8-14)21-12-11(17)6-19-13(18)20-12/h6,10H,3-5,7-9H2,1-2H3,(H,19,20,21). The summed E-state index contributed by atoms with van der Waals surface area (Å²) in [6.07, 6.45) is 9.36. The van der Waals surface area contributed by atoms with Crippen molar-refractivity contribution >= 4 is 29.0 Å². The average Bonchev–Trinajstić information content (AvgIpc) is 2.28. The van der Waals surface area contributed by atoms with Crippen molar-refractivity contribution in [3.05, 3.63) is 16.5 Å². The van der Waals surface area contributed by atoms with Gasteiger partial charge in [-0.25, -0.2) is 4.98 Å². The van der Waals surface area contributed by atoms with Gasteiger partial charge in [-0.15, -0.1) is 0 Å². The molecule has 0 aliphatic heterocycles. The summed E-state index contributed by atoms with van der Waals surface area (Å²) in [4.78, 5) is 8.25. The summed E-state index contributed by atoms with van der Waals surface area (Å²) >= 11 is 12.2. The average molecular weight is 326 g/mol. The molecule has 3 nitrogen and oxygen atoms in total. The van der Waals surface area contributed by atoms with Crippen molar-refractivity contribution < 1.29 is 0 Å². The summed E-state index contributed by atoms with van der Waals surface area (Å²) in [5, 5.41) is 4.49. The van der Waals surface area contributed by atoms with Crippen LogP contribution in [-0.2, 0) is 0 Å². The van der Waals surface area contributed by atoms with Crippen molar-refractivity contribution in [3.8, 4) is 0 Å². The third-order valence-corrected chi connectivity index (χ3v) is 6.18. The molecule has 4 saturated carbocycles. The van der Waals surface area contributed by atoms with E-state index in [1.807, 2.05) is 0 Å². The molecule has 1 aromatic heterocycles. The molecule has 5 rings (SSSR count). The maximum Gasteiger partial charge on any atom is 0.224 e. The number of hydrogen-bond donors (Lipinski definition) is 1. The second-order valence-corrected chi connectivity index (χ2v) is 9.12. The van der Waals surface area contributed by atoms with Gasteiger partial charge >= 0.3 is 0 Å². The van der Waals surface area contributed by atoms with Crippen LogP contribution in [0.15, 0.2) is 6.20 Å². The summed E-state index contributed by atoms with van der Waals surface area (Å²) < 4.78 is 0. The third kappa shape index (κ3) is 2.33. The summed E-state index contributed by atoms with van der Waals surface area (Å²) in [5.74, 6) is 1.53. The predicted molar refractivity (Wildman–Crippen MR) is 85.8 cm³/mol. The molecule has 2 unspecified atom stereocenters. The van der Waals surface area contributed by atoms with Crippen LogP contribution >= 0.6 is 23.2 Å². The van der Waals surface area contributed by atoms with E-state index in [1.165, 1.54) is 38.5 Å². The Hall–Kier alpha value is -0.540. The van der Waals surface area contributed by atoms with Gasteiger partial charge in [0.25, 0.3) is 0 Å². The molecule has 4 fully saturated rings. The molecule has 1 N–H and O–H groups in total. The van der Waals surface area contributed by atoms with E-state index in [9.17, 15) is 0 Å². The van der Waals surface area contributed by atoms with Gasteiger partial charge < -0.3 is 5.32 Å². The lowest BCUT2D eigenvalue weighted by atomic mass is 9.43. The van der Waals surface area contributed by atoms with Gasteiger partial charge in [0.15, 0.2) is 0 Å². The fourth-order valence-electron chi connectivity index (χ4n) is 6.27. The van der Waals surface area contributed by atoms with Crippen LogP contribution in [0.3, 0.4) is 0 Å². The van der Waals surface area contributed by atoms with E-state index < -0.39 is 0 Å². The predicted octanol–water partition coefficient (Wildman–Crippen LogP) is 4.94. The van der Waals surface area contributed by atoms with E-state index in [4.69, 9.17) is 23.2 Å². The molecule has 114 valence electrons. The quantitative estimate of drug-likeness (QED) is 0.782. The Kier molecular flexibility index (Phi) is 2.86. The first-order valence-electron chi connectivity index (χ1n) is 7.75. The monoisotopic (exact) mass is 325 g/mol. The molecular formula is C16H21Cl2N3. The van der Waals surface area contributed by atoms with Crippen LogP contribution in [0.4, 0.5) is 5.82 Å². The number of aromatic nitrogens is 2. The van der Waals surface area contributed by atoms with E-state index in [1.54, 1.807) is 6.20 Å². The molecule has 0 aromatic carbocycles. The van der Waals surface area contributed by atoms with Crippen LogP contribution in [-0.4, -0.2) is 15.5 Å². The summed E-state index contributed by atoms with van der Waals surface area (Å²) in [6, 6.07) is 0. The molecule has 5 heteroatoms. The highest BCUT2D eigenvalue weighted by Crippen LogP contribution is 2.66. The van der Waals surface area contributed by atoms with Crippen LogP contribution in [0.25, 0.3) is 0 Å².